The van der Waals surface area contributed by atoms with Crippen molar-refractivity contribution in [3.8, 4) is 11.3 Å². The summed E-state index contributed by atoms with van der Waals surface area (Å²) in [4.78, 5) is 12.5. The number of rotatable bonds is 0. The van der Waals surface area contributed by atoms with E-state index in [-0.39, 0.29) is 5.91 Å². The Kier molecular flexibility index (Phi) is 1.86. The molecule has 3 aromatic rings. The third-order valence-corrected chi connectivity index (χ3v) is 3.91. The minimum Gasteiger partial charge on any atom is -0.276 e. The van der Waals surface area contributed by atoms with Gasteiger partial charge in [0.1, 0.15) is 0 Å². The Morgan fingerprint density at radius 2 is 1.68 bits per heavy atom. The van der Waals surface area contributed by atoms with E-state index in [0.717, 1.165) is 22.3 Å². The lowest BCUT2D eigenvalue weighted by molar-refractivity contribution is 0.0973. The van der Waals surface area contributed by atoms with Crippen LogP contribution < -0.4 is 0 Å². The molecule has 0 N–H and O–H groups in total. The molecule has 1 aliphatic heterocycles. The molecule has 19 heavy (non-hydrogen) atoms. The van der Waals surface area contributed by atoms with E-state index in [4.69, 9.17) is 0 Å². The lowest BCUT2D eigenvalue weighted by atomic mass is 10.0. The maximum Gasteiger partial charge on any atom is 0.263 e. The molecule has 1 aliphatic rings. The van der Waals surface area contributed by atoms with Gasteiger partial charge in [-0.3, -0.25) is 9.36 Å². The maximum atomic E-state index is 12.5. The summed E-state index contributed by atoms with van der Waals surface area (Å²) in [5.74, 6) is 0.0885. The van der Waals surface area contributed by atoms with Gasteiger partial charge in [-0.1, -0.05) is 24.3 Å². The minimum absolute atomic E-state index is 0.0885. The first-order valence-electron chi connectivity index (χ1n) is 6.43. The molecule has 2 nitrogen and oxygen atoms in total. The molecule has 0 radical (unpaired) electrons. The monoisotopic (exact) mass is 247 g/mol. The molecule has 0 amide bonds. The summed E-state index contributed by atoms with van der Waals surface area (Å²) in [5, 5.41) is 1.17. The molecule has 0 aliphatic carbocycles. The molecule has 0 unspecified atom stereocenters. The van der Waals surface area contributed by atoms with Gasteiger partial charge < -0.3 is 0 Å². The molecule has 2 heteroatoms. The van der Waals surface area contributed by atoms with Crippen molar-refractivity contribution in [1.29, 1.82) is 0 Å². The molecule has 92 valence electrons. The average molecular weight is 247 g/mol. The van der Waals surface area contributed by atoms with Crippen molar-refractivity contribution in [2.75, 3.05) is 0 Å². The smallest absolute Gasteiger partial charge is 0.263 e. The zero-order valence-corrected chi connectivity index (χ0v) is 10.9. The van der Waals surface area contributed by atoms with Crippen molar-refractivity contribution >= 4 is 16.8 Å². The predicted octanol–water partition coefficient (Wildman–Crippen LogP) is 3.93. The van der Waals surface area contributed by atoms with Crippen LogP contribution in [0.5, 0.6) is 0 Å². The fourth-order valence-electron chi connectivity index (χ4n) is 3.09. The number of carbonyl (C=O) groups excluding carboxylic acids is 1. The number of hydrogen-bond acceptors (Lipinski definition) is 1. The second-order valence-corrected chi connectivity index (χ2v) is 5.23. The Labute approximate surface area is 111 Å². The maximum absolute atomic E-state index is 12.5. The molecule has 0 fully saturated rings. The fourth-order valence-corrected chi connectivity index (χ4v) is 3.09. The Bertz CT molecular complexity index is 855. The lowest BCUT2D eigenvalue weighted by Crippen LogP contribution is -2.05. The Morgan fingerprint density at radius 1 is 0.947 bits per heavy atom. The summed E-state index contributed by atoms with van der Waals surface area (Å²) < 4.78 is 1.85. The van der Waals surface area contributed by atoms with Crippen LogP contribution in [-0.4, -0.2) is 10.5 Å². The first kappa shape index (κ1) is 10.6. The van der Waals surface area contributed by atoms with Crippen LogP contribution in [-0.2, 0) is 0 Å². The quantitative estimate of drug-likeness (QED) is 0.461. The van der Waals surface area contributed by atoms with Gasteiger partial charge in [-0.05, 0) is 43.2 Å². The summed E-state index contributed by atoms with van der Waals surface area (Å²) >= 11 is 0. The van der Waals surface area contributed by atoms with Gasteiger partial charge >= 0.3 is 0 Å². The van der Waals surface area contributed by atoms with Gasteiger partial charge in [-0.25, -0.2) is 0 Å². The van der Waals surface area contributed by atoms with Gasteiger partial charge in [0.05, 0.1) is 11.2 Å². The van der Waals surface area contributed by atoms with Gasteiger partial charge in [0.15, 0.2) is 0 Å². The van der Waals surface area contributed by atoms with Crippen LogP contribution in [0.2, 0.25) is 0 Å². The summed E-state index contributed by atoms with van der Waals surface area (Å²) in [6, 6.07) is 14.2. The number of hydrogen-bond donors (Lipinski definition) is 0. The highest BCUT2D eigenvalue weighted by Gasteiger charge is 2.28. The topological polar surface area (TPSA) is 22.0 Å². The van der Waals surface area contributed by atoms with E-state index in [0.29, 0.717) is 0 Å². The number of aryl methyl sites for hydroxylation is 2. The molecule has 2 aromatic carbocycles. The highest BCUT2D eigenvalue weighted by Crippen LogP contribution is 2.38. The largest absolute Gasteiger partial charge is 0.276 e. The zero-order chi connectivity index (χ0) is 13.1. The summed E-state index contributed by atoms with van der Waals surface area (Å²) in [5.41, 5.74) is 6.30. The van der Waals surface area contributed by atoms with E-state index in [1.807, 2.05) is 28.8 Å². The van der Waals surface area contributed by atoms with Crippen molar-refractivity contribution in [1.82, 2.24) is 4.57 Å². The normalized spacial score (nSPS) is 12.8. The first-order chi connectivity index (χ1) is 9.16. The SMILES string of the molecule is Cc1cc(C)c2cc3n(c2c1)C(=O)c1ccccc1-3. The summed E-state index contributed by atoms with van der Waals surface area (Å²) in [6.07, 6.45) is 0. The number of aromatic nitrogens is 1. The molecule has 0 atom stereocenters. The molecule has 0 saturated carbocycles. The van der Waals surface area contributed by atoms with E-state index in [1.54, 1.807) is 0 Å². The van der Waals surface area contributed by atoms with Crippen LogP contribution in [0.25, 0.3) is 22.2 Å². The molecule has 2 heterocycles. The molecule has 4 rings (SSSR count). The molecule has 0 spiro atoms. The number of carbonyl (C=O) groups is 1. The number of fused-ring (bicyclic) bond motifs is 5. The van der Waals surface area contributed by atoms with Crippen LogP contribution in [0.4, 0.5) is 0 Å². The van der Waals surface area contributed by atoms with E-state index >= 15 is 0 Å². The summed E-state index contributed by atoms with van der Waals surface area (Å²) in [7, 11) is 0. The third kappa shape index (κ3) is 1.23. The average Bonchev–Trinajstić information content (AvgIpc) is 2.88. The Morgan fingerprint density at radius 3 is 2.47 bits per heavy atom. The summed E-state index contributed by atoms with van der Waals surface area (Å²) in [6.45, 7) is 4.17. The fraction of sp³-hybridized carbons (Fsp3) is 0.118. The van der Waals surface area contributed by atoms with Crippen molar-refractivity contribution in [2.24, 2.45) is 0 Å². The van der Waals surface area contributed by atoms with E-state index in [1.165, 1.54) is 16.5 Å². The van der Waals surface area contributed by atoms with Gasteiger partial charge in [0.25, 0.3) is 5.91 Å². The third-order valence-electron chi connectivity index (χ3n) is 3.91. The van der Waals surface area contributed by atoms with Gasteiger partial charge in [0.2, 0.25) is 0 Å². The number of benzene rings is 2. The lowest BCUT2D eigenvalue weighted by Gasteiger charge is -2.03. The Hall–Kier alpha value is -2.35. The van der Waals surface area contributed by atoms with Crippen molar-refractivity contribution in [3.63, 3.8) is 0 Å². The second kappa shape index (κ2) is 3.35. The van der Waals surface area contributed by atoms with E-state index < -0.39 is 0 Å². The number of nitrogens with zero attached hydrogens (tertiary/aromatic N) is 1. The molecule has 0 saturated heterocycles. The van der Waals surface area contributed by atoms with Crippen LogP contribution >= 0.6 is 0 Å². The van der Waals surface area contributed by atoms with Gasteiger partial charge in [-0.2, -0.15) is 0 Å². The second-order valence-electron chi connectivity index (χ2n) is 5.23. The van der Waals surface area contributed by atoms with Crippen LogP contribution in [0.3, 0.4) is 0 Å². The van der Waals surface area contributed by atoms with Crippen LogP contribution in [0.1, 0.15) is 21.5 Å². The molecular weight excluding hydrogens is 234 g/mol. The first-order valence-corrected chi connectivity index (χ1v) is 6.43. The highest BCUT2D eigenvalue weighted by molar-refractivity contribution is 6.14. The molecule has 0 bridgehead atoms. The Balaban J connectivity index is 2.18. The molecular formula is C17H13NO. The zero-order valence-electron chi connectivity index (χ0n) is 10.9. The van der Waals surface area contributed by atoms with Gasteiger partial charge in [-0.15, -0.1) is 0 Å². The van der Waals surface area contributed by atoms with Crippen LogP contribution in [0, 0.1) is 13.8 Å². The van der Waals surface area contributed by atoms with Crippen molar-refractivity contribution in [2.45, 2.75) is 13.8 Å². The highest BCUT2D eigenvalue weighted by atomic mass is 16.2. The predicted molar refractivity (Wildman–Crippen MR) is 76.6 cm³/mol. The van der Waals surface area contributed by atoms with Crippen molar-refractivity contribution in [3.05, 3.63) is 59.2 Å². The van der Waals surface area contributed by atoms with Gasteiger partial charge in [0, 0.05) is 16.5 Å². The van der Waals surface area contributed by atoms with E-state index in [9.17, 15) is 4.79 Å². The van der Waals surface area contributed by atoms with Crippen LogP contribution in [0.15, 0.2) is 42.5 Å². The standard InChI is InChI=1S/C17H13NO/c1-10-7-11(2)14-9-16-12-5-3-4-6-13(12)17(19)18(16)15(14)8-10/h3-9H,1-2H3. The minimum atomic E-state index is 0.0885. The molecule has 1 aromatic heterocycles. The van der Waals surface area contributed by atoms with Crippen molar-refractivity contribution < 1.29 is 4.79 Å². The van der Waals surface area contributed by atoms with E-state index in [2.05, 4.69) is 32.0 Å².